The van der Waals surface area contributed by atoms with Crippen LogP contribution < -0.4 is 10.1 Å². The molecule has 0 N–H and O–H groups in total. The van der Waals surface area contributed by atoms with Crippen LogP contribution in [0.15, 0.2) is 74.3 Å². The SMILES string of the molecule is CC(C)(C)c1ccc(-c2nc3s/c(=C\c4ccc(-c5cccc(Br)c5)o4)c(=O)n3n2)cc1. The molecular weight excluding hydrogens is 486 g/mol. The molecule has 3 heterocycles. The maximum absolute atomic E-state index is 12.9. The molecule has 0 fully saturated rings. The number of benzene rings is 2. The molecule has 5 nitrogen and oxygen atoms in total. The van der Waals surface area contributed by atoms with Gasteiger partial charge in [0.1, 0.15) is 16.1 Å². The van der Waals surface area contributed by atoms with Crippen LogP contribution in [0, 0.1) is 0 Å². The minimum absolute atomic E-state index is 0.0795. The summed E-state index contributed by atoms with van der Waals surface area (Å²) in [4.78, 5) is 18.0. The quantitative estimate of drug-likeness (QED) is 0.316. The highest BCUT2D eigenvalue weighted by Gasteiger charge is 2.16. The van der Waals surface area contributed by atoms with E-state index in [4.69, 9.17) is 4.42 Å². The molecule has 0 aliphatic heterocycles. The fraction of sp³-hybridized carbons (Fsp3) is 0.160. The molecule has 160 valence electrons. The fourth-order valence-electron chi connectivity index (χ4n) is 3.43. The third-order valence-corrected chi connectivity index (χ3v) is 6.65. The smallest absolute Gasteiger partial charge is 0.291 e. The third kappa shape index (κ3) is 3.94. The lowest BCUT2D eigenvalue weighted by molar-refractivity contribution is 0.571. The molecule has 32 heavy (non-hydrogen) atoms. The van der Waals surface area contributed by atoms with E-state index in [1.54, 1.807) is 6.08 Å². The minimum atomic E-state index is -0.199. The lowest BCUT2D eigenvalue weighted by Crippen LogP contribution is -2.23. The number of hydrogen-bond acceptors (Lipinski definition) is 5. The first kappa shape index (κ1) is 20.8. The molecular formula is C25H20BrN3O2S. The van der Waals surface area contributed by atoms with Crippen molar-refractivity contribution in [3.8, 4) is 22.7 Å². The van der Waals surface area contributed by atoms with E-state index >= 15 is 0 Å². The third-order valence-electron chi connectivity index (χ3n) is 5.20. The van der Waals surface area contributed by atoms with E-state index in [1.807, 2.05) is 48.5 Å². The Morgan fingerprint density at radius 2 is 1.81 bits per heavy atom. The second-order valence-corrected chi connectivity index (χ2v) is 10.5. The highest BCUT2D eigenvalue weighted by molar-refractivity contribution is 9.10. The number of halogens is 1. The van der Waals surface area contributed by atoms with Crippen molar-refractivity contribution in [2.24, 2.45) is 0 Å². The van der Waals surface area contributed by atoms with Crippen molar-refractivity contribution in [3.63, 3.8) is 0 Å². The zero-order valence-electron chi connectivity index (χ0n) is 17.8. The van der Waals surface area contributed by atoms with Gasteiger partial charge in [-0.15, -0.1) is 5.10 Å². The van der Waals surface area contributed by atoms with E-state index in [2.05, 4.69) is 58.9 Å². The van der Waals surface area contributed by atoms with E-state index in [1.165, 1.54) is 21.4 Å². The molecule has 7 heteroatoms. The first-order valence-corrected chi connectivity index (χ1v) is 11.8. The Kier molecular flexibility index (Phi) is 5.10. The molecule has 5 rings (SSSR count). The molecule has 0 radical (unpaired) electrons. The molecule has 0 saturated carbocycles. The monoisotopic (exact) mass is 505 g/mol. The van der Waals surface area contributed by atoms with Gasteiger partial charge in [0, 0.05) is 21.7 Å². The normalized spacial score (nSPS) is 12.7. The first-order chi connectivity index (χ1) is 15.3. The molecule has 0 atom stereocenters. The van der Waals surface area contributed by atoms with Crippen LogP contribution in [0.3, 0.4) is 0 Å². The summed E-state index contributed by atoms with van der Waals surface area (Å²) in [5.41, 5.74) is 2.98. The van der Waals surface area contributed by atoms with Gasteiger partial charge < -0.3 is 4.42 Å². The Hall–Kier alpha value is -3.03. The van der Waals surface area contributed by atoms with Gasteiger partial charge in [-0.25, -0.2) is 0 Å². The van der Waals surface area contributed by atoms with Crippen LogP contribution >= 0.6 is 27.3 Å². The second-order valence-electron chi connectivity index (χ2n) is 8.59. The number of fused-ring (bicyclic) bond motifs is 1. The molecule has 3 aromatic heterocycles. The number of nitrogens with zero attached hydrogens (tertiary/aromatic N) is 3. The van der Waals surface area contributed by atoms with Gasteiger partial charge in [0.15, 0.2) is 5.82 Å². The number of furan rings is 1. The van der Waals surface area contributed by atoms with Gasteiger partial charge in [-0.1, -0.05) is 84.4 Å². The van der Waals surface area contributed by atoms with Crippen molar-refractivity contribution in [1.29, 1.82) is 0 Å². The van der Waals surface area contributed by atoms with Crippen molar-refractivity contribution < 1.29 is 4.42 Å². The average Bonchev–Trinajstić information content (AvgIpc) is 3.45. The Bertz CT molecular complexity index is 1540. The first-order valence-electron chi connectivity index (χ1n) is 10.2. The standard InChI is InChI=1S/C25H20BrN3O2S/c1-25(2,3)17-9-7-15(8-10-17)22-27-24-29(28-22)23(30)21(32-24)14-19-11-12-20(31-19)16-5-4-6-18(26)13-16/h4-14H,1-3H3/b21-14-. The lowest BCUT2D eigenvalue weighted by Gasteiger charge is -2.18. The van der Waals surface area contributed by atoms with Gasteiger partial charge in [0.25, 0.3) is 5.56 Å². The molecule has 0 spiro atoms. The van der Waals surface area contributed by atoms with Crippen molar-refractivity contribution in [2.45, 2.75) is 26.2 Å². The van der Waals surface area contributed by atoms with Gasteiger partial charge in [0.2, 0.25) is 4.96 Å². The summed E-state index contributed by atoms with van der Waals surface area (Å²) in [6.07, 6.45) is 1.74. The summed E-state index contributed by atoms with van der Waals surface area (Å²) in [6, 6.07) is 19.8. The van der Waals surface area contributed by atoms with Crippen LogP contribution in [-0.2, 0) is 5.41 Å². The van der Waals surface area contributed by atoms with Crippen LogP contribution in [0.4, 0.5) is 0 Å². The Morgan fingerprint density at radius 3 is 2.50 bits per heavy atom. The maximum Gasteiger partial charge on any atom is 0.291 e. The summed E-state index contributed by atoms with van der Waals surface area (Å²) in [6.45, 7) is 6.53. The van der Waals surface area contributed by atoms with E-state index in [0.29, 0.717) is 21.1 Å². The molecule has 0 aliphatic rings. The van der Waals surface area contributed by atoms with E-state index in [0.717, 1.165) is 21.4 Å². The highest BCUT2D eigenvalue weighted by Crippen LogP contribution is 2.26. The summed E-state index contributed by atoms with van der Waals surface area (Å²) < 4.78 is 8.80. The maximum atomic E-state index is 12.9. The Labute approximate surface area is 197 Å². The Balaban J connectivity index is 1.47. The Morgan fingerprint density at radius 1 is 1.03 bits per heavy atom. The molecule has 2 aromatic carbocycles. The average molecular weight is 506 g/mol. The van der Waals surface area contributed by atoms with Crippen molar-refractivity contribution in [3.05, 3.63) is 91.3 Å². The second kappa shape index (κ2) is 7.83. The molecule has 0 bridgehead atoms. The minimum Gasteiger partial charge on any atom is -0.457 e. The molecule has 5 aromatic rings. The molecule has 0 saturated heterocycles. The van der Waals surface area contributed by atoms with Gasteiger partial charge in [0.05, 0.1) is 0 Å². The highest BCUT2D eigenvalue weighted by atomic mass is 79.9. The number of hydrogen-bond donors (Lipinski definition) is 0. The van der Waals surface area contributed by atoms with Crippen LogP contribution in [0.5, 0.6) is 0 Å². The summed E-state index contributed by atoms with van der Waals surface area (Å²) in [5, 5.41) is 4.45. The zero-order chi connectivity index (χ0) is 22.5. The van der Waals surface area contributed by atoms with Crippen LogP contribution in [0.25, 0.3) is 33.7 Å². The fourth-order valence-corrected chi connectivity index (χ4v) is 4.72. The van der Waals surface area contributed by atoms with Crippen LogP contribution in [-0.4, -0.2) is 14.6 Å². The van der Waals surface area contributed by atoms with Gasteiger partial charge in [-0.2, -0.15) is 9.50 Å². The van der Waals surface area contributed by atoms with Gasteiger partial charge in [-0.3, -0.25) is 4.79 Å². The van der Waals surface area contributed by atoms with E-state index < -0.39 is 0 Å². The molecule has 0 aliphatic carbocycles. The van der Waals surface area contributed by atoms with Crippen molar-refractivity contribution >= 4 is 38.3 Å². The largest absolute Gasteiger partial charge is 0.457 e. The summed E-state index contributed by atoms with van der Waals surface area (Å²) >= 11 is 4.78. The van der Waals surface area contributed by atoms with Crippen molar-refractivity contribution in [1.82, 2.24) is 14.6 Å². The van der Waals surface area contributed by atoms with E-state index in [-0.39, 0.29) is 11.0 Å². The molecule has 0 unspecified atom stereocenters. The zero-order valence-corrected chi connectivity index (χ0v) is 20.2. The predicted molar refractivity (Wildman–Crippen MR) is 132 cm³/mol. The number of aromatic nitrogens is 3. The summed E-state index contributed by atoms with van der Waals surface area (Å²) in [5.74, 6) is 1.90. The predicted octanol–water partition coefficient (Wildman–Crippen LogP) is 5.69. The number of thiazole rings is 1. The number of rotatable bonds is 3. The van der Waals surface area contributed by atoms with Gasteiger partial charge in [-0.05, 0) is 35.2 Å². The topological polar surface area (TPSA) is 60.4 Å². The van der Waals surface area contributed by atoms with Crippen molar-refractivity contribution in [2.75, 3.05) is 0 Å². The van der Waals surface area contributed by atoms with Gasteiger partial charge >= 0.3 is 0 Å². The lowest BCUT2D eigenvalue weighted by atomic mass is 9.87. The van der Waals surface area contributed by atoms with E-state index in [9.17, 15) is 4.79 Å². The van der Waals surface area contributed by atoms with Crippen LogP contribution in [0.1, 0.15) is 32.1 Å². The van der Waals surface area contributed by atoms with Crippen LogP contribution in [0.2, 0.25) is 0 Å². The molecule has 0 amide bonds. The summed E-state index contributed by atoms with van der Waals surface area (Å²) in [7, 11) is 0.